The first kappa shape index (κ1) is 8.32. The van der Waals surface area contributed by atoms with Gasteiger partial charge in [-0.3, -0.25) is 0 Å². The molecule has 0 radical (unpaired) electrons. The highest BCUT2D eigenvalue weighted by Crippen LogP contribution is 2.30. The molecule has 0 fully saturated rings. The molecule has 2 aromatic rings. The summed E-state index contributed by atoms with van der Waals surface area (Å²) in [7, 11) is 0. The third-order valence-corrected chi connectivity index (χ3v) is 2.23. The Morgan fingerprint density at radius 2 is 1.92 bits per heavy atom. The molecule has 0 unspecified atom stereocenters. The fourth-order valence-electron chi connectivity index (χ4n) is 1.25. The number of aryl methyl sites for hydroxylation is 1. The predicted octanol–water partition coefficient (Wildman–Crippen LogP) is 2.90. The van der Waals surface area contributed by atoms with Gasteiger partial charge >= 0.3 is 0 Å². The minimum atomic E-state index is 0.0582. The molecule has 66 valence electrons. The topological polar surface area (TPSA) is 33.1 Å². The maximum atomic E-state index is 9.59. The summed E-state index contributed by atoms with van der Waals surface area (Å²) < 4.78 is 0. The number of halogens is 1. The van der Waals surface area contributed by atoms with E-state index in [9.17, 15) is 5.11 Å². The number of pyridine rings is 1. The van der Waals surface area contributed by atoms with E-state index in [0.29, 0.717) is 10.5 Å². The van der Waals surface area contributed by atoms with Crippen LogP contribution in [0, 0.1) is 6.92 Å². The molecule has 1 heterocycles. The van der Waals surface area contributed by atoms with Crippen molar-refractivity contribution in [3.05, 3.63) is 35.0 Å². The van der Waals surface area contributed by atoms with Crippen LogP contribution in [-0.4, -0.2) is 10.1 Å². The summed E-state index contributed by atoms with van der Waals surface area (Å²) >= 11 is 5.75. The molecule has 2 nitrogen and oxygen atoms in total. The van der Waals surface area contributed by atoms with Crippen molar-refractivity contribution in [3.8, 4) is 5.75 Å². The molecule has 1 N–H and O–H groups in total. The van der Waals surface area contributed by atoms with Crippen molar-refractivity contribution >= 4 is 22.5 Å². The molecule has 0 aliphatic carbocycles. The van der Waals surface area contributed by atoms with Gasteiger partial charge in [0.15, 0.2) is 5.75 Å². The first-order valence-electron chi connectivity index (χ1n) is 3.93. The number of hydrogen-bond donors (Lipinski definition) is 1. The van der Waals surface area contributed by atoms with Gasteiger partial charge < -0.3 is 5.11 Å². The molecule has 0 saturated heterocycles. The van der Waals surface area contributed by atoms with Crippen LogP contribution in [0.15, 0.2) is 24.3 Å². The lowest BCUT2D eigenvalue weighted by Gasteiger charge is -2.02. The molecular formula is C10H8ClNO. The first-order chi connectivity index (χ1) is 6.18. The minimum absolute atomic E-state index is 0.0582. The monoisotopic (exact) mass is 193 g/mol. The van der Waals surface area contributed by atoms with Crippen molar-refractivity contribution in [1.29, 1.82) is 0 Å². The van der Waals surface area contributed by atoms with E-state index in [0.717, 1.165) is 11.1 Å². The Kier molecular flexibility index (Phi) is 1.85. The van der Waals surface area contributed by atoms with E-state index in [1.54, 1.807) is 6.07 Å². The Labute approximate surface area is 80.8 Å². The van der Waals surface area contributed by atoms with Gasteiger partial charge in [-0.2, -0.15) is 0 Å². The van der Waals surface area contributed by atoms with Crippen molar-refractivity contribution in [1.82, 2.24) is 4.98 Å². The summed E-state index contributed by atoms with van der Waals surface area (Å²) in [6.07, 6.45) is 0. The quantitative estimate of drug-likeness (QED) is 0.698. The summed E-state index contributed by atoms with van der Waals surface area (Å²) in [5.74, 6) is 0.0582. The van der Waals surface area contributed by atoms with Gasteiger partial charge in [0.25, 0.3) is 0 Å². The fraction of sp³-hybridized carbons (Fsp3) is 0.100. The van der Waals surface area contributed by atoms with E-state index in [1.165, 1.54) is 0 Å². The molecule has 0 bridgehead atoms. The van der Waals surface area contributed by atoms with Crippen molar-refractivity contribution in [2.45, 2.75) is 6.92 Å². The van der Waals surface area contributed by atoms with Gasteiger partial charge in [0.05, 0.1) is 5.02 Å². The van der Waals surface area contributed by atoms with Crippen LogP contribution in [0.25, 0.3) is 10.9 Å². The van der Waals surface area contributed by atoms with Gasteiger partial charge in [-0.15, -0.1) is 0 Å². The second-order valence-corrected chi connectivity index (χ2v) is 3.33. The molecule has 13 heavy (non-hydrogen) atoms. The Balaban J connectivity index is 2.89. The molecule has 0 atom stereocenters. The smallest absolute Gasteiger partial charge is 0.160 e. The van der Waals surface area contributed by atoms with Crippen LogP contribution in [0.1, 0.15) is 5.69 Å². The van der Waals surface area contributed by atoms with E-state index in [1.807, 2.05) is 25.1 Å². The number of benzene rings is 1. The molecule has 0 aliphatic heterocycles. The summed E-state index contributed by atoms with van der Waals surface area (Å²) in [6.45, 7) is 1.87. The predicted molar refractivity (Wildman–Crippen MR) is 53.2 cm³/mol. The van der Waals surface area contributed by atoms with Gasteiger partial charge in [0, 0.05) is 11.1 Å². The molecule has 3 heteroatoms. The number of rotatable bonds is 0. The number of phenolic OH excluding ortho intramolecular Hbond substituents is 1. The fourth-order valence-corrected chi connectivity index (χ4v) is 1.40. The molecule has 1 aromatic heterocycles. The average Bonchev–Trinajstić information content (AvgIpc) is 2.12. The van der Waals surface area contributed by atoms with Crippen molar-refractivity contribution in [2.24, 2.45) is 0 Å². The number of nitrogens with zero attached hydrogens (tertiary/aromatic N) is 1. The van der Waals surface area contributed by atoms with Crippen LogP contribution in [0.4, 0.5) is 0 Å². The molecule has 2 rings (SSSR count). The number of fused-ring (bicyclic) bond motifs is 1. The lowest BCUT2D eigenvalue weighted by molar-refractivity contribution is 0.480. The standard InChI is InChI=1S/C10H8ClNO/c1-6-2-3-7-4-5-8(11)10(13)9(7)12-6/h2-5,13H,1H3. The van der Waals surface area contributed by atoms with Crippen LogP contribution < -0.4 is 0 Å². The Morgan fingerprint density at radius 3 is 2.69 bits per heavy atom. The van der Waals surface area contributed by atoms with Crippen molar-refractivity contribution in [3.63, 3.8) is 0 Å². The molecule has 1 aromatic carbocycles. The van der Waals surface area contributed by atoms with E-state index in [2.05, 4.69) is 4.98 Å². The van der Waals surface area contributed by atoms with Crippen LogP contribution >= 0.6 is 11.6 Å². The van der Waals surface area contributed by atoms with Gasteiger partial charge in [-0.1, -0.05) is 23.7 Å². The van der Waals surface area contributed by atoms with Gasteiger partial charge in [0.2, 0.25) is 0 Å². The highest BCUT2D eigenvalue weighted by Gasteiger charge is 2.05. The summed E-state index contributed by atoms with van der Waals surface area (Å²) in [5.41, 5.74) is 1.43. The Bertz CT molecular complexity index is 462. The number of phenols is 1. The maximum Gasteiger partial charge on any atom is 0.160 e. The van der Waals surface area contributed by atoms with Crippen LogP contribution in [0.5, 0.6) is 5.75 Å². The average molecular weight is 194 g/mol. The lowest BCUT2D eigenvalue weighted by Crippen LogP contribution is -1.83. The SMILES string of the molecule is Cc1ccc2ccc(Cl)c(O)c2n1. The summed E-state index contributed by atoms with van der Waals surface area (Å²) in [5, 5.41) is 10.8. The maximum absolute atomic E-state index is 9.59. The van der Waals surface area contributed by atoms with Crippen LogP contribution in [0.2, 0.25) is 5.02 Å². The summed E-state index contributed by atoms with van der Waals surface area (Å²) in [6, 6.07) is 7.31. The highest BCUT2D eigenvalue weighted by molar-refractivity contribution is 6.33. The Hall–Kier alpha value is -1.28. The number of aromatic nitrogens is 1. The third-order valence-electron chi connectivity index (χ3n) is 1.93. The van der Waals surface area contributed by atoms with Crippen LogP contribution in [0.3, 0.4) is 0 Å². The van der Waals surface area contributed by atoms with E-state index in [-0.39, 0.29) is 5.75 Å². The molecule has 0 saturated carbocycles. The first-order valence-corrected chi connectivity index (χ1v) is 4.31. The van der Waals surface area contributed by atoms with Crippen LogP contribution in [-0.2, 0) is 0 Å². The third kappa shape index (κ3) is 1.33. The second kappa shape index (κ2) is 2.89. The normalized spacial score (nSPS) is 10.6. The number of hydrogen-bond acceptors (Lipinski definition) is 2. The van der Waals surface area contributed by atoms with Gasteiger partial charge in [0.1, 0.15) is 5.52 Å². The van der Waals surface area contributed by atoms with E-state index in [4.69, 9.17) is 11.6 Å². The zero-order chi connectivity index (χ0) is 9.42. The highest BCUT2D eigenvalue weighted by atomic mass is 35.5. The van der Waals surface area contributed by atoms with Gasteiger partial charge in [-0.25, -0.2) is 4.98 Å². The summed E-state index contributed by atoms with van der Waals surface area (Å²) in [4.78, 5) is 4.20. The molecule has 0 spiro atoms. The Morgan fingerprint density at radius 1 is 1.23 bits per heavy atom. The lowest BCUT2D eigenvalue weighted by atomic mass is 10.2. The molecule has 0 aliphatic rings. The van der Waals surface area contributed by atoms with E-state index < -0.39 is 0 Å². The van der Waals surface area contributed by atoms with E-state index >= 15 is 0 Å². The largest absolute Gasteiger partial charge is 0.504 e. The molecule has 0 amide bonds. The second-order valence-electron chi connectivity index (χ2n) is 2.92. The number of aromatic hydroxyl groups is 1. The van der Waals surface area contributed by atoms with Crippen molar-refractivity contribution in [2.75, 3.05) is 0 Å². The zero-order valence-corrected chi connectivity index (χ0v) is 7.84. The minimum Gasteiger partial charge on any atom is -0.504 e. The zero-order valence-electron chi connectivity index (χ0n) is 7.08. The van der Waals surface area contributed by atoms with Gasteiger partial charge in [-0.05, 0) is 19.1 Å². The molecular weight excluding hydrogens is 186 g/mol. The van der Waals surface area contributed by atoms with Crippen molar-refractivity contribution < 1.29 is 5.11 Å².